The Morgan fingerprint density at radius 1 is 1.21 bits per heavy atom. The minimum Gasteiger partial charge on any atom is -0.405 e. The van der Waals surface area contributed by atoms with Crippen molar-refractivity contribution in [3.05, 3.63) is 0 Å². The molecule has 1 unspecified atom stereocenters. The van der Waals surface area contributed by atoms with E-state index in [0.29, 0.717) is 30.4 Å². The third-order valence-corrected chi connectivity index (χ3v) is 8.03. The predicted octanol–water partition coefficient (Wildman–Crippen LogP) is 3.49. The summed E-state index contributed by atoms with van der Waals surface area (Å²) in [7, 11) is -0.0621. The lowest BCUT2D eigenvalue weighted by molar-refractivity contribution is -0.121. The zero-order chi connectivity index (χ0) is 19.9. The van der Waals surface area contributed by atoms with Crippen molar-refractivity contribution in [3.8, 4) is 0 Å². The zero-order valence-electron chi connectivity index (χ0n) is 18.3. The van der Waals surface area contributed by atoms with Gasteiger partial charge in [0.05, 0.1) is 12.2 Å². The van der Waals surface area contributed by atoms with Crippen molar-refractivity contribution in [2.75, 3.05) is 19.6 Å². The fourth-order valence-electron chi connectivity index (χ4n) is 6.41. The first-order valence-electron chi connectivity index (χ1n) is 11.7. The highest BCUT2D eigenvalue weighted by atomic mass is 16.7. The summed E-state index contributed by atoms with van der Waals surface area (Å²) < 4.78 is 13.0. The van der Waals surface area contributed by atoms with E-state index < -0.39 is 0 Å². The van der Waals surface area contributed by atoms with Crippen LogP contribution in [-0.2, 0) is 14.1 Å². The van der Waals surface area contributed by atoms with Gasteiger partial charge in [0.15, 0.2) is 0 Å². The number of nitrogens with one attached hydrogen (secondary N) is 1. The van der Waals surface area contributed by atoms with E-state index in [1.54, 1.807) is 0 Å². The highest BCUT2D eigenvalue weighted by molar-refractivity contribution is 6.48. The largest absolute Gasteiger partial charge is 0.462 e. The molecule has 2 heterocycles. The Kier molecular flexibility index (Phi) is 6.11. The number of likely N-dealkylation sites (tertiary alicyclic amines) is 1. The normalized spacial score (nSPS) is 38.9. The van der Waals surface area contributed by atoms with E-state index in [4.69, 9.17) is 9.31 Å². The van der Waals surface area contributed by atoms with Crippen molar-refractivity contribution >= 4 is 13.0 Å². The highest BCUT2D eigenvalue weighted by Gasteiger charge is 2.60. The molecule has 5 aliphatic rings. The quantitative estimate of drug-likeness (QED) is 0.509. The van der Waals surface area contributed by atoms with E-state index in [1.807, 2.05) is 0 Å². The molecule has 0 aromatic heterocycles. The average molecular weight is 390 g/mol. The molecule has 4 atom stereocenters. The van der Waals surface area contributed by atoms with E-state index in [0.717, 1.165) is 50.7 Å². The number of hydrogen-bond acceptors (Lipinski definition) is 4. The van der Waals surface area contributed by atoms with Gasteiger partial charge in [0.2, 0.25) is 5.91 Å². The molecule has 5 rings (SSSR count). The van der Waals surface area contributed by atoms with Crippen molar-refractivity contribution in [1.82, 2.24) is 10.2 Å². The second kappa shape index (κ2) is 8.27. The van der Waals surface area contributed by atoms with Gasteiger partial charge in [-0.15, -0.1) is 0 Å². The fourth-order valence-corrected chi connectivity index (χ4v) is 6.41. The predicted molar refractivity (Wildman–Crippen MR) is 112 cm³/mol. The monoisotopic (exact) mass is 390 g/mol. The van der Waals surface area contributed by atoms with Gasteiger partial charge in [-0.05, 0) is 57.3 Å². The smallest absolute Gasteiger partial charge is 0.405 e. The van der Waals surface area contributed by atoms with Crippen LogP contribution >= 0.6 is 0 Å². The molecule has 1 N–H and O–H groups in total. The summed E-state index contributed by atoms with van der Waals surface area (Å²) in [5, 5.41) is 3.11. The Morgan fingerprint density at radius 2 is 2.00 bits per heavy atom. The van der Waals surface area contributed by atoms with Crippen LogP contribution in [0.15, 0.2) is 0 Å². The number of rotatable bonds is 8. The summed E-state index contributed by atoms with van der Waals surface area (Å²) in [6.07, 6.45) is 8.53. The molecule has 0 spiro atoms. The van der Waals surface area contributed by atoms with Crippen LogP contribution in [0.1, 0.15) is 72.6 Å². The molecule has 3 saturated carbocycles. The summed E-state index contributed by atoms with van der Waals surface area (Å²) in [5.74, 6) is 2.75. The van der Waals surface area contributed by atoms with Crippen molar-refractivity contribution in [2.24, 2.45) is 17.8 Å². The van der Waals surface area contributed by atoms with Crippen LogP contribution in [0.4, 0.5) is 0 Å². The van der Waals surface area contributed by atoms with Crippen LogP contribution in [0.2, 0.25) is 5.82 Å². The molecule has 3 aliphatic carbocycles. The van der Waals surface area contributed by atoms with Gasteiger partial charge < -0.3 is 14.6 Å². The molecule has 2 aliphatic heterocycles. The Balaban J connectivity index is 1.29. The SMILES string of the molecule is CCCCCC(=O)NCCN1C[C@H](C)[C@H](B2OC3CC4CC(C4)[C@@H]3O2)C1(C)C. The molecule has 6 heteroatoms. The number of nitrogens with zero attached hydrogens (tertiary/aromatic N) is 1. The zero-order valence-corrected chi connectivity index (χ0v) is 18.3. The lowest BCUT2D eigenvalue weighted by Crippen LogP contribution is -2.48. The molecular weight excluding hydrogens is 351 g/mol. The van der Waals surface area contributed by atoms with Crippen LogP contribution in [0, 0.1) is 17.8 Å². The molecule has 2 bridgehead atoms. The van der Waals surface area contributed by atoms with E-state index in [9.17, 15) is 4.79 Å². The molecule has 28 heavy (non-hydrogen) atoms. The van der Waals surface area contributed by atoms with Gasteiger partial charge in [0.25, 0.3) is 0 Å². The average Bonchev–Trinajstić information content (AvgIpc) is 3.12. The van der Waals surface area contributed by atoms with E-state index in [-0.39, 0.29) is 18.6 Å². The van der Waals surface area contributed by atoms with Gasteiger partial charge in [-0.2, -0.15) is 0 Å². The summed E-state index contributed by atoms with van der Waals surface area (Å²) in [4.78, 5) is 14.5. The van der Waals surface area contributed by atoms with Crippen LogP contribution in [0.3, 0.4) is 0 Å². The Morgan fingerprint density at radius 3 is 2.71 bits per heavy atom. The first-order chi connectivity index (χ1) is 13.4. The van der Waals surface area contributed by atoms with Crippen molar-refractivity contribution in [1.29, 1.82) is 0 Å². The van der Waals surface area contributed by atoms with Gasteiger partial charge >= 0.3 is 7.12 Å². The van der Waals surface area contributed by atoms with Crippen molar-refractivity contribution < 1.29 is 14.1 Å². The van der Waals surface area contributed by atoms with Gasteiger partial charge in [0, 0.05) is 37.4 Å². The summed E-state index contributed by atoms with van der Waals surface area (Å²) >= 11 is 0. The van der Waals surface area contributed by atoms with Crippen molar-refractivity contribution in [2.45, 2.75) is 96.2 Å². The number of amides is 1. The minimum absolute atomic E-state index is 0.0213. The fraction of sp³-hybridized carbons (Fsp3) is 0.955. The topological polar surface area (TPSA) is 50.8 Å². The lowest BCUT2D eigenvalue weighted by Gasteiger charge is -2.47. The van der Waals surface area contributed by atoms with Gasteiger partial charge in [-0.3, -0.25) is 9.69 Å². The first-order valence-corrected chi connectivity index (χ1v) is 11.7. The number of carbonyl (C=O) groups is 1. The highest BCUT2D eigenvalue weighted by Crippen LogP contribution is 2.54. The maximum Gasteiger partial charge on any atom is 0.462 e. The van der Waals surface area contributed by atoms with Crippen LogP contribution in [-0.4, -0.2) is 55.3 Å². The van der Waals surface area contributed by atoms with E-state index in [1.165, 1.54) is 19.3 Å². The molecule has 2 saturated heterocycles. The van der Waals surface area contributed by atoms with Crippen LogP contribution in [0.5, 0.6) is 0 Å². The molecule has 0 aromatic carbocycles. The number of hydrogen-bond donors (Lipinski definition) is 1. The summed E-state index contributed by atoms with van der Waals surface area (Å²) in [6.45, 7) is 11.9. The summed E-state index contributed by atoms with van der Waals surface area (Å²) in [6, 6.07) is 0. The maximum absolute atomic E-state index is 12.0. The van der Waals surface area contributed by atoms with Gasteiger partial charge in [-0.25, -0.2) is 0 Å². The Hall–Kier alpha value is -0.585. The molecule has 1 amide bonds. The van der Waals surface area contributed by atoms with E-state index in [2.05, 4.69) is 37.9 Å². The lowest BCUT2D eigenvalue weighted by atomic mass is 9.59. The molecule has 5 fully saturated rings. The molecular formula is C22H39BN2O3. The molecule has 158 valence electrons. The van der Waals surface area contributed by atoms with Crippen LogP contribution in [0.25, 0.3) is 0 Å². The Bertz CT molecular complexity index is 566. The Labute approximate surface area is 171 Å². The number of carbonyl (C=O) groups excluding carboxylic acids is 1. The molecule has 0 aromatic rings. The standard InChI is InChI=1S/C22H39BN2O3/c1-5-6-7-8-19(26)24-9-10-25-14-15(2)21(22(25,3)4)23-27-18-13-16-11-17(12-16)20(18)28-23/h15-18,20-21H,5-14H2,1-4H3,(H,24,26)/t15-,16?,17?,18?,20-,21-/m0/s1. The van der Waals surface area contributed by atoms with Gasteiger partial charge in [-0.1, -0.05) is 26.7 Å². The third-order valence-electron chi connectivity index (χ3n) is 8.03. The first kappa shape index (κ1) is 20.7. The molecule has 0 radical (unpaired) electrons. The van der Waals surface area contributed by atoms with E-state index >= 15 is 0 Å². The maximum atomic E-state index is 12.0. The third kappa shape index (κ3) is 3.89. The minimum atomic E-state index is -0.0621. The van der Waals surface area contributed by atoms with Gasteiger partial charge in [0.1, 0.15) is 0 Å². The summed E-state index contributed by atoms with van der Waals surface area (Å²) in [5.41, 5.74) is 0.0213. The molecule has 5 nitrogen and oxygen atoms in total. The van der Waals surface area contributed by atoms with Crippen LogP contribution < -0.4 is 5.32 Å². The second-order valence-electron chi connectivity index (χ2n) is 10.4. The number of unbranched alkanes of at least 4 members (excludes halogenated alkanes) is 2. The second-order valence-corrected chi connectivity index (χ2v) is 10.4. The van der Waals surface area contributed by atoms with Crippen molar-refractivity contribution in [3.63, 3.8) is 0 Å².